The van der Waals surface area contributed by atoms with Crippen molar-refractivity contribution in [1.82, 2.24) is 9.97 Å². The standard InChI is InChI=1S/C13H13ClN2O/c1-2-7-17-12-6-4-3-5-10(12)11-8-13(14)16-9-15-11/h3-6,8-9H,2,7H2,1H3. The van der Waals surface area contributed by atoms with Gasteiger partial charge in [0.05, 0.1) is 12.3 Å². The van der Waals surface area contributed by atoms with Gasteiger partial charge in [0.1, 0.15) is 17.2 Å². The largest absolute Gasteiger partial charge is 0.493 e. The van der Waals surface area contributed by atoms with Crippen LogP contribution in [0, 0.1) is 0 Å². The van der Waals surface area contributed by atoms with Crippen LogP contribution in [0.4, 0.5) is 0 Å². The van der Waals surface area contributed by atoms with Crippen molar-refractivity contribution in [3.63, 3.8) is 0 Å². The van der Waals surface area contributed by atoms with E-state index in [0.29, 0.717) is 11.8 Å². The smallest absolute Gasteiger partial charge is 0.133 e. The van der Waals surface area contributed by atoms with E-state index in [4.69, 9.17) is 16.3 Å². The number of halogens is 1. The Kier molecular flexibility index (Phi) is 3.94. The van der Waals surface area contributed by atoms with Crippen molar-refractivity contribution in [3.05, 3.63) is 41.8 Å². The lowest BCUT2D eigenvalue weighted by Gasteiger charge is -2.10. The molecule has 0 saturated carbocycles. The number of benzene rings is 1. The number of ether oxygens (including phenoxy) is 1. The molecule has 0 fully saturated rings. The van der Waals surface area contributed by atoms with E-state index in [2.05, 4.69) is 16.9 Å². The molecule has 0 atom stereocenters. The Hall–Kier alpha value is -1.61. The first kappa shape index (κ1) is 11.9. The van der Waals surface area contributed by atoms with Crippen molar-refractivity contribution in [2.75, 3.05) is 6.61 Å². The molecule has 0 radical (unpaired) electrons. The molecule has 1 aromatic heterocycles. The van der Waals surface area contributed by atoms with Crippen LogP contribution in [0.15, 0.2) is 36.7 Å². The molecule has 2 rings (SSSR count). The van der Waals surface area contributed by atoms with Crippen LogP contribution in [0.1, 0.15) is 13.3 Å². The summed E-state index contributed by atoms with van der Waals surface area (Å²) in [6.07, 6.45) is 2.42. The average Bonchev–Trinajstić information content (AvgIpc) is 2.37. The Labute approximate surface area is 105 Å². The third kappa shape index (κ3) is 2.94. The van der Waals surface area contributed by atoms with Gasteiger partial charge in [0.15, 0.2) is 0 Å². The average molecular weight is 249 g/mol. The van der Waals surface area contributed by atoms with Gasteiger partial charge in [-0.05, 0) is 18.6 Å². The van der Waals surface area contributed by atoms with E-state index in [-0.39, 0.29) is 0 Å². The fourth-order valence-electron chi connectivity index (χ4n) is 1.50. The number of para-hydroxylation sites is 1. The number of aromatic nitrogens is 2. The molecular formula is C13H13ClN2O. The van der Waals surface area contributed by atoms with Gasteiger partial charge < -0.3 is 4.74 Å². The molecule has 0 aliphatic rings. The van der Waals surface area contributed by atoms with Gasteiger partial charge in [-0.15, -0.1) is 0 Å². The van der Waals surface area contributed by atoms with Crippen molar-refractivity contribution >= 4 is 11.6 Å². The van der Waals surface area contributed by atoms with Gasteiger partial charge in [0, 0.05) is 11.6 Å². The molecule has 0 N–H and O–H groups in total. The topological polar surface area (TPSA) is 35.0 Å². The monoisotopic (exact) mass is 248 g/mol. The zero-order valence-corrected chi connectivity index (χ0v) is 10.3. The maximum atomic E-state index is 5.86. The third-order valence-electron chi connectivity index (χ3n) is 2.26. The van der Waals surface area contributed by atoms with E-state index in [0.717, 1.165) is 23.4 Å². The first-order chi connectivity index (χ1) is 8.31. The molecular weight excluding hydrogens is 236 g/mol. The number of hydrogen-bond acceptors (Lipinski definition) is 3. The fourth-order valence-corrected chi connectivity index (χ4v) is 1.64. The molecule has 0 unspecified atom stereocenters. The summed E-state index contributed by atoms with van der Waals surface area (Å²) in [5, 5.41) is 0.431. The van der Waals surface area contributed by atoms with Gasteiger partial charge in [0.25, 0.3) is 0 Å². The lowest BCUT2D eigenvalue weighted by atomic mass is 10.1. The van der Waals surface area contributed by atoms with Crippen molar-refractivity contribution in [1.29, 1.82) is 0 Å². The number of rotatable bonds is 4. The van der Waals surface area contributed by atoms with E-state index < -0.39 is 0 Å². The molecule has 17 heavy (non-hydrogen) atoms. The fraction of sp³-hybridized carbons (Fsp3) is 0.231. The van der Waals surface area contributed by atoms with Gasteiger partial charge in [-0.1, -0.05) is 30.7 Å². The van der Waals surface area contributed by atoms with Gasteiger partial charge in [-0.25, -0.2) is 9.97 Å². The molecule has 0 saturated heterocycles. The Morgan fingerprint density at radius 2 is 2.06 bits per heavy atom. The summed E-state index contributed by atoms with van der Waals surface area (Å²) in [6.45, 7) is 2.76. The first-order valence-corrected chi connectivity index (χ1v) is 5.89. The quantitative estimate of drug-likeness (QED) is 0.776. The SMILES string of the molecule is CCCOc1ccccc1-c1cc(Cl)ncn1. The number of hydrogen-bond donors (Lipinski definition) is 0. The Morgan fingerprint density at radius 3 is 2.82 bits per heavy atom. The summed E-state index contributed by atoms with van der Waals surface area (Å²) >= 11 is 5.86. The van der Waals surface area contributed by atoms with Crippen molar-refractivity contribution in [2.45, 2.75) is 13.3 Å². The van der Waals surface area contributed by atoms with Crippen LogP contribution in [-0.4, -0.2) is 16.6 Å². The number of nitrogens with zero attached hydrogens (tertiary/aromatic N) is 2. The molecule has 3 nitrogen and oxygen atoms in total. The van der Waals surface area contributed by atoms with Gasteiger partial charge in [0.2, 0.25) is 0 Å². The van der Waals surface area contributed by atoms with E-state index in [9.17, 15) is 0 Å². The van der Waals surface area contributed by atoms with Crippen LogP contribution in [-0.2, 0) is 0 Å². The van der Waals surface area contributed by atoms with Crippen molar-refractivity contribution in [2.24, 2.45) is 0 Å². The Morgan fingerprint density at radius 1 is 1.24 bits per heavy atom. The minimum absolute atomic E-state index is 0.431. The Bertz CT molecular complexity index is 502. The van der Waals surface area contributed by atoms with E-state index in [1.165, 1.54) is 6.33 Å². The second kappa shape index (κ2) is 5.64. The first-order valence-electron chi connectivity index (χ1n) is 5.51. The predicted molar refractivity (Wildman–Crippen MR) is 68.3 cm³/mol. The minimum atomic E-state index is 0.431. The molecule has 88 valence electrons. The van der Waals surface area contributed by atoms with Crippen molar-refractivity contribution < 1.29 is 4.74 Å². The molecule has 2 aromatic rings. The summed E-state index contributed by atoms with van der Waals surface area (Å²) in [7, 11) is 0. The zero-order valence-electron chi connectivity index (χ0n) is 9.56. The molecule has 1 heterocycles. The van der Waals surface area contributed by atoms with Crippen LogP contribution in [0.2, 0.25) is 5.15 Å². The second-order valence-corrected chi connectivity index (χ2v) is 3.96. The summed E-state index contributed by atoms with van der Waals surface area (Å²) in [5.74, 6) is 0.823. The van der Waals surface area contributed by atoms with Crippen LogP contribution >= 0.6 is 11.6 Å². The summed E-state index contributed by atoms with van der Waals surface area (Å²) in [6, 6.07) is 9.52. The summed E-state index contributed by atoms with van der Waals surface area (Å²) in [5.41, 5.74) is 1.71. The van der Waals surface area contributed by atoms with Crippen LogP contribution in [0.25, 0.3) is 11.3 Å². The van der Waals surface area contributed by atoms with Crippen molar-refractivity contribution in [3.8, 4) is 17.0 Å². The predicted octanol–water partition coefficient (Wildman–Crippen LogP) is 3.59. The molecule has 4 heteroatoms. The van der Waals surface area contributed by atoms with Gasteiger partial charge in [-0.3, -0.25) is 0 Å². The molecule has 0 spiro atoms. The highest BCUT2D eigenvalue weighted by Crippen LogP contribution is 2.29. The second-order valence-electron chi connectivity index (χ2n) is 3.57. The maximum Gasteiger partial charge on any atom is 0.133 e. The van der Waals surface area contributed by atoms with Crippen LogP contribution < -0.4 is 4.74 Å². The lowest BCUT2D eigenvalue weighted by Crippen LogP contribution is -1.97. The Balaban J connectivity index is 2.37. The molecule has 1 aromatic carbocycles. The maximum absolute atomic E-state index is 5.86. The van der Waals surface area contributed by atoms with Gasteiger partial charge in [-0.2, -0.15) is 0 Å². The minimum Gasteiger partial charge on any atom is -0.493 e. The van der Waals surface area contributed by atoms with E-state index in [1.807, 2.05) is 24.3 Å². The van der Waals surface area contributed by atoms with E-state index in [1.54, 1.807) is 6.07 Å². The highest BCUT2D eigenvalue weighted by molar-refractivity contribution is 6.29. The molecule has 0 aliphatic heterocycles. The molecule has 0 amide bonds. The summed E-state index contributed by atoms with van der Waals surface area (Å²) < 4.78 is 5.68. The third-order valence-corrected chi connectivity index (χ3v) is 2.47. The van der Waals surface area contributed by atoms with Crippen LogP contribution in [0.5, 0.6) is 5.75 Å². The zero-order chi connectivity index (χ0) is 12.1. The normalized spacial score (nSPS) is 10.2. The highest BCUT2D eigenvalue weighted by Gasteiger charge is 2.07. The molecule has 0 aliphatic carbocycles. The molecule has 0 bridgehead atoms. The lowest BCUT2D eigenvalue weighted by molar-refractivity contribution is 0.318. The summed E-state index contributed by atoms with van der Waals surface area (Å²) in [4.78, 5) is 8.07. The van der Waals surface area contributed by atoms with Gasteiger partial charge >= 0.3 is 0 Å². The van der Waals surface area contributed by atoms with Crippen LogP contribution in [0.3, 0.4) is 0 Å². The highest BCUT2D eigenvalue weighted by atomic mass is 35.5. The van der Waals surface area contributed by atoms with E-state index >= 15 is 0 Å².